The van der Waals surface area contributed by atoms with Crippen molar-refractivity contribution in [1.29, 1.82) is 0 Å². The monoisotopic (exact) mass is 324 g/mol. The minimum absolute atomic E-state index is 0.116. The maximum atomic E-state index is 13.6. The molecule has 4 nitrogen and oxygen atoms in total. The fraction of sp³-hybridized carbons (Fsp3) is 0.588. The first-order chi connectivity index (χ1) is 11.2. The molecule has 128 valence electrons. The highest BCUT2D eigenvalue weighted by Crippen LogP contribution is 2.10. The maximum Gasteiger partial charge on any atom is 0.191 e. The molecule has 6 heteroatoms. The maximum absolute atomic E-state index is 13.6. The molecule has 1 heterocycles. The van der Waals surface area contributed by atoms with Gasteiger partial charge in [-0.25, -0.2) is 13.8 Å². The zero-order valence-electron chi connectivity index (χ0n) is 13.7. The average molecular weight is 324 g/mol. The lowest BCUT2D eigenvalue weighted by molar-refractivity contribution is 0.334. The highest BCUT2D eigenvalue weighted by molar-refractivity contribution is 5.79. The molecular formula is C17H26F2N4. The molecule has 0 unspecified atom stereocenters. The predicted octanol–water partition coefficient (Wildman–Crippen LogP) is 2.51. The van der Waals surface area contributed by atoms with Crippen molar-refractivity contribution in [3.63, 3.8) is 0 Å². The smallest absolute Gasteiger partial charge is 0.191 e. The number of hydrogen-bond acceptors (Lipinski definition) is 2. The molecule has 1 aliphatic rings. The number of benzene rings is 1. The second-order valence-corrected chi connectivity index (χ2v) is 5.76. The van der Waals surface area contributed by atoms with E-state index in [1.807, 2.05) is 6.92 Å². The van der Waals surface area contributed by atoms with Gasteiger partial charge < -0.3 is 15.5 Å². The molecule has 2 N–H and O–H groups in total. The summed E-state index contributed by atoms with van der Waals surface area (Å²) in [6.45, 7) is 7.12. The minimum Gasteiger partial charge on any atom is -0.357 e. The molecule has 1 saturated heterocycles. The molecule has 1 aromatic carbocycles. The van der Waals surface area contributed by atoms with Gasteiger partial charge in [-0.2, -0.15) is 0 Å². The van der Waals surface area contributed by atoms with Crippen molar-refractivity contribution >= 4 is 5.96 Å². The highest BCUT2D eigenvalue weighted by Gasteiger charge is 2.10. The molecule has 1 fully saturated rings. The standard InChI is InChI=1S/C17H26F2N4/c1-2-20-17(21-8-5-11-23-9-3-4-10-23)22-13-14-12-15(18)6-7-16(14)19/h6-7,12H,2-5,8-11,13H2,1H3,(H2,20,21,22). The Morgan fingerprint density at radius 2 is 2.00 bits per heavy atom. The van der Waals surface area contributed by atoms with E-state index < -0.39 is 11.6 Å². The first-order valence-corrected chi connectivity index (χ1v) is 8.37. The number of likely N-dealkylation sites (tertiary alicyclic amines) is 1. The largest absolute Gasteiger partial charge is 0.357 e. The topological polar surface area (TPSA) is 39.7 Å². The minimum atomic E-state index is -0.444. The molecule has 1 aliphatic heterocycles. The Kier molecular flexibility index (Phi) is 7.26. The second-order valence-electron chi connectivity index (χ2n) is 5.76. The Labute approximate surface area is 137 Å². The molecule has 2 rings (SSSR count). The van der Waals surface area contributed by atoms with Gasteiger partial charge in [-0.1, -0.05) is 0 Å². The van der Waals surface area contributed by atoms with Gasteiger partial charge in [-0.15, -0.1) is 0 Å². The number of guanidine groups is 1. The van der Waals surface area contributed by atoms with Crippen molar-refractivity contribution in [2.45, 2.75) is 32.7 Å². The normalized spacial score (nSPS) is 15.9. The molecule has 0 amide bonds. The van der Waals surface area contributed by atoms with Crippen LogP contribution in [0.5, 0.6) is 0 Å². The molecule has 0 radical (unpaired) electrons. The van der Waals surface area contributed by atoms with E-state index in [1.54, 1.807) is 0 Å². The zero-order valence-corrected chi connectivity index (χ0v) is 13.7. The van der Waals surface area contributed by atoms with Crippen LogP contribution in [0, 0.1) is 11.6 Å². The second kappa shape index (κ2) is 9.45. The van der Waals surface area contributed by atoms with Gasteiger partial charge >= 0.3 is 0 Å². The van der Waals surface area contributed by atoms with Crippen LogP contribution in [0.25, 0.3) is 0 Å². The molecule has 0 atom stereocenters. The number of rotatable bonds is 7. The Morgan fingerprint density at radius 1 is 1.22 bits per heavy atom. The molecule has 0 aliphatic carbocycles. The van der Waals surface area contributed by atoms with Crippen molar-refractivity contribution in [3.05, 3.63) is 35.4 Å². The number of nitrogens with zero attached hydrogens (tertiary/aromatic N) is 2. The van der Waals surface area contributed by atoms with Crippen LogP contribution in [-0.2, 0) is 6.54 Å². The Hall–Kier alpha value is -1.69. The first-order valence-electron chi connectivity index (χ1n) is 8.37. The summed E-state index contributed by atoms with van der Waals surface area (Å²) in [6, 6.07) is 3.44. The SMILES string of the molecule is CCNC(=NCc1cc(F)ccc1F)NCCCN1CCCC1. The number of aliphatic imine (C=N–C) groups is 1. The molecule has 0 saturated carbocycles. The van der Waals surface area contributed by atoms with Crippen LogP contribution >= 0.6 is 0 Å². The van der Waals surface area contributed by atoms with Crippen molar-refractivity contribution < 1.29 is 8.78 Å². The number of hydrogen-bond donors (Lipinski definition) is 2. The van der Waals surface area contributed by atoms with E-state index in [4.69, 9.17) is 0 Å². The van der Waals surface area contributed by atoms with Crippen LogP contribution in [0.1, 0.15) is 31.7 Å². The van der Waals surface area contributed by atoms with Gasteiger partial charge in [0.25, 0.3) is 0 Å². The van der Waals surface area contributed by atoms with E-state index in [0.717, 1.165) is 38.2 Å². The van der Waals surface area contributed by atoms with E-state index in [2.05, 4.69) is 20.5 Å². The highest BCUT2D eigenvalue weighted by atomic mass is 19.1. The summed E-state index contributed by atoms with van der Waals surface area (Å²) < 4.78 is 26.8. The van der Waals surface area contributed by atoms with Crippen molar-refractivity contribution in [2.75, 3.05) is 32.7 Å². The fourth-order valence-corrected chi connectivity index (χ4v) is 2.69. The molecule has 1 aromatic rings. The van der Waals surface area contributed by atoms with Crippen LogP contribution in [0.4, 0.5) is 8.78 Å². The Morgan fingerprint density at radius 3 is 2.74 bits per heavy atom. The van der Waals surface area contributed by atoms with E-state index in [0.29, 0.717) is 5.96 Å². The van der Waals surface area contributed by atoms with E-state index in [9.17, 15) is 8.78 Å². The van der Waals surface area contributed by atoms with Gasteiger partial charge in [-0.05, 0) is 64.0 Å². The molecule has 23 heavy (non-hydrogen) atoms. The summed E-state index contributed by atoms with van der Waals surface area (Å²) in [5.41, 5.74) is 0.263. The molecule has 0 aromatic heterocycles. The lowest BCUT2D eigenvalue weighted by Gasteiger charge is -2.15. The Balaban J connectivity index is 1.80. The number of halogens is 2. The summed E-state index contributed by atoms with van der Waals surface area (Å²) in [7, 11) is 0. The average Bonchev–Trinajstić information content (AvgIpc) is 3.05. The fourth-order valence-electron chi connectivity index (χ4n) is 2.69. The predicted molar refractivity (Wildman–Crippen MR) is 89.5 cm³/mol. The van der Waals surface area contributed by atoms with Crippen LogP contribution in [0.3, 0.4) is 0 Å². The summed E-state index contributed by atoms with van der Waals surface area (Å²) >= 11 is 0. The van der Waals surface area contributed by atoms with Gasteiger partial charge in [0, 0.05) is 18.7 Å². The van der Waals surface area contributed by atoms with E-state index in [-0.39, 0.29) is 12.1 Å². The van der Waals surface area contributed by atoms with E-state index in [1.165, 1.54) is 32.0 Å². The molecule has 0 spiro atoms. The van der Waals surface area contributed by atoms with Crippen molar-refractivity contribution in [1.82, 2.24) is 15.5 Å². The van der Waals surface area contributed by atoms with Crippen molar-refractivity contribution in [2.24, 2.45) is 4.99 Å². The van der Waals surface area contributed by atoms with Crippen molar-refractivity contribution in [3.8, 4) is 0 Å². The van der Waals surface area contributed by atoms with Crippen LogP contribution in [-0.4, -0.2) is 43.6 Å². The van der Waals surface area contributed by atoms with Gasteiger partial charge in [0.15, 0.2) is 5.96 Å². The zero-order chi connectivity index (χ0) is 16.5. The third-order valence-corrected chi connectivity index (χ3v) is 3.90. The van der Waals surface area contributed by atoms with Crippen LogP contribution < -0.4 is 10.6 Å². The van der Waals surface area contributed by atoms with Gasteiger partial charge in [0.1, 0.15) is 11.6 Å². The summed E-state index contributed by atoms with van der Waals surface area (Å²) in [5, 5.41) is 6.37. The van der Waals surface area contributed by atoms with Crippen LogP contribution in [0.15, 0.2) is 23.2 Å². The quantitative estimate of drug-likeness (QED) is 0.460. The van der Waals surface area contributed by atoms with Gasteiger partial charge in [0.05, 0.1) is 6.54 Å². The van der Waals surface area contributed by atoms with Crippen LogP contribution in [0.2, 0.25) is 0 Å². The van der Waals surface area contributed by atoms with Gasteiger partial charge in [0.2, 0.25) is 0 Å². The Bertz CT molecular complexity index is 513. The lowest BCUT2D eigenvalue weighted by atomic mass is 10.2. The van der Waals surface area contributed by atoms with E-state index >= 15 is 0 Å². The summed E-state index contributed by atoms with van der Waals surface area (Å²) in [6.07, 6.45) is 3.65. The molecular weight excluding hydrogens is 298 g/mol. The van der Waals surface area contributed by atoms with Gasteiger partial charge in [-0.3, -0.25) is 0 Å². The summed E-state index contributed by atoms with van der Waals surface area (Å²) in [5.74, 6) is -0.238. The molecule has 0 bridgehead atoms. The summed E-state index contributed by atoms with van der Waals surface area (Å²) in [4.78, 5) is 6.80. The first kappa shape index (κ1) is 17.7. The third kappa shape index (κ3) is 6.14. The lowest BCUT2D eigenvalue weighted by Crippen LogP contribution is -2.38. The third-order valence-electron chi connectivity index (χ3n) is 3.90. The number of nitrogens with one attached hydrogen (secondary N) is 2.